The Morgan fingerprint density at radius 3 is 2.67 bits per heavy atom. The monoisotopic (exact) mass is 210 g/mol. The SMILES string of the molecule is CC(C)(C)OC(=O)N(C=N)n1cccn1. The first kappa shape index (κ1) is 11.2. The molecule has 1 N–H and O–H groups in total. The lowest BCUT2D eigenvalue weighted by molar-refractivity contribution is 0.0567. The van der Waals surface area contributed by atoms with Gasteiger partial charge in [0.05, 0.1) is 6.20 Å². The summed E-state index contributed by atoms with van der Waals surface area (Å²) in [5, 5.41) is 11.9. The molecule has 0 aliphatic heterocycles. The molecule has 0 aliphatic carbocycles. The first-order valence-corrected chi connectivity index (χ1v) is 4.47. The summed E-state index contributed by atoms with van der Waals surface area (Å²) in [6, 6.07) is 1.65. The summed E-state index contributed by atoms with van der Waals surface area (Å²) in [5.74, 6) is 0. The molecular weight excluding hydrogens is 196 g/mol. The summed E-state index contributed by atoms with van der Waals surface area (Å²) in [6.45, 7) is 5.28. The highest BCUT2D eigenvalue weighted by molar-refractivity contribution is 5.95. The van der Waals surface area contributed by atoms with E-state index in [1.807, 2.05) is 0 Å². The van der Waals surface area contributed by atoms with Crippen molar-refractivity contribution in [3.8, 4) is 0 Å². The van der Waals surface area contributed by atoms with E-state index in [0.29, 0.717) is 0 Å². The molecular formula is C9H14N4O2. The van der Waals surface area contributed by atoms with Crippen LogP contribution in [0.1, 0.15) is 20.8 Å². The van der Waals surface area contributed by atoms with Gasteiger partial charge in [0.25, 0.3) is 0 Å². The second-order valence-electron chi connectivity index (χ2n) is 3.88. The maximum Gasteiger partial charge on any atom is 0.436 e. The zero-order valence-electron chi connectivity index (χ0n) is 8.97. The third-order valence-corrected chi connectivity index (χ3v) is 1.41. The van der Waals surface area contributed by atoms with Crippen molar-refractivity contribution in [3.63, 3.8) is 0 Å². The van der Waals surface area contributed by atoms with Gasteiger partial charge < -0.3 is 4.74 Å². The highest BCUT2D eigenvalue weighted by Gasteiger charge is 2.22. The van der Waals surface area contributed by atoms with Crippen LogP contribution in [0.3, 0.4) is 0 Å². The molecule has 0 spiro atoms. The number of ether oxygens (including phenoxy) is 1. The Hall–Kier alpha value is -1.85. The number of hydrogen-bond donors (Lipinski definition) is 1. The Balaban J connectivity index is 2.77. The van der Waals surface area contributed by atoms with E-state index in [4.69, 9.17) is 10.1 Å². The van der Waals surface area contributed by atoms with Crippen molar-refractivity contribution >= 4 is 12.4 Å². The molecule has 0 atom stereocenters. The van der Waals surface area contributed by atoms with Gasteiger partial charge in [-0.1, -0.05) is 0 Å². The maximum atomic E-state index is 11.6. The summed E-state index contributed by atoms with van der Waals surface area (Å²) in [6.07, 6.45) is 3.28. The topological polar surface area (TPSA) is 71.2 Å². The number of amides is 1. The first-order valence-electron chi connectivity index (χ1n) is 4.47. The van der Waals surface area contributed by atoms with Crippen molar-refractivity contribution in [3.05, 3.63) is 18.5 Å². The predicted octanol–water partition coefficient (Wildman–Crippen LogP) is 1.36. The van der Waals surface area contributed by atoms with E-state index in [9.17, 15) is 4.79 Å². The molecule has 1 heterocycles. The second-order valence-corrected chi connectivity index (χ2v) is 3.88. The summed E-state index contributed by atoms with van der Waals surface area (Å²) in [4.78, 5) is 12.8. The molecule has 0 aliphatic rings. The molecule has 15 heavy (non-hydrogen) atoms. The van der Waals surface area contributed by atoms with Crippen molar-refractivity contribution in [1.29, 1.82) is 5.41 Å². The predicted molar refractivity (Wildman–Crippen MR) is 55.5 cm³/mol. The van der Waals surface area contributed by atoms with Gasteiger partial charge in [-0.2, -0.15) is 14.9 Å². The molecule has 0 radical (unpaired) electrons. The van der Waals surface area contributed by atoms with E-state index in [0.717, 1.165) is 11.3 Å². The number of carbonyl (C=O) groups is 1. The Bertz CT molecular complexity index is 339. The van der Waals surface area contributed by atoms with E-state index in [1.165, 1.54) is 11.0 Å². The number of nitrogens with one attached hydrogen (secondary N) is 1. The van der Waals surface area contributed by atoms with Crippen LogP contribution in [0.25, 0.3) is 0 Å². The average Bonchev–Trinajstić information content (AvgIpc) is 2.54. The van der Waals surface area contributed by atoms with E-state index in [2.05, 4.69) is 5.10 Å². The fourth-order valence-corrected chi connectivity index (χ4v) is 0.892. The van der Waals surface area contributed by atoms with Crippen LogP contribution in [0, 0.1) is 5.41 Å². The molecule has 0 saturated carbocycles. The van der Waals surface area contributed by atoms with E-state index >= 15 is 0 Å². The zero-order valence-corrected chi connectivity index (χ0v) is 8.97. The van der Waals surface area contributed by atoms with Crippen LogP contribution < -0.4 is 5.01 Å². The van der Waals surface area contributed by atoms with Gasteiger partial charge >= 0.3 is 6.09 Å². The van der Waals surface area contributed by atoms with Crippen LogP contribution in [0.4, 0.5) is 4.79 Å². The molecule has 1 aromatic heterocycles. The molecule has 6 nitrogen and oxygen atoms in total. The lowest BCUT2D eigenvalue weighted by Gasteiger charge is -2.23. The van der Waals surface area contributed by atoms with Gasteiger partial charge in [-0.05, 0) is 26.8 Å². The maximum absolute atomic E-state index is 11.6. The molecule has 1 rings (SSSR count). The van der Waals surface area contributed by atoms with Crippen LogP contribution >= 0.6 is 0 Å². The van der Waals surface area contributed by atoms with Gasteiger partial charge in [-0.3, -0.25) is 5.41 Å². The third-order valence-electron chi connectivity index (χ3n) is 1.41. The highest BCUT2D eigenvalue weighted by Crippen LogP contribution is 2.08. The molecule has 1 amide bonds. The first-order chi connectivity index (χ1) is 6.94. The summed E-state index contributed by atoms with van der Waals surface area (Å²) < 4.78 is 5.09. The lowest BCUT2D eigenvalue weighted by Crippen LogP contribution is -2.43. The standard InChI is InChI=1S/C9H14N4O2/c1-9(2,3)15-8(14)12(7-10)13-6-4-5-11-13/h4-7,10H,1-3H3. The van der Waals surface area contributed by atoms with Crippen molar-refractivity contribution in [2.24, 2.45) is 0 Å². The summed E-state index contributed by atoms with van der Waals surface area (Å²) >= 11 is 0. The van der Waals surface area contributed by atoms with Crippen LogP contribution in [-0.4, -0.2) is 27.9 Å². The lowest BCUT2D eigenvalue weighted by atomic mass is 10.2. The zero-order chi connectivity index (χ0) is 11.5. The molecule has 0 aromatic carbocycles. The normalized spacial score (nSPS) is 10.9. The van der Waals surface area contributed by atoms with E-state index < -0.39 is 11.7 Å². The molecule has 0 unspecified atom stereocenters. The summed E-state index contributed by atoms with van der Waals surface area (Å²) in [7, 11) is 0. The molecule has 0 saturated heterocycles. The largest absolute Gasteiger partial charge is 0.442 e. The average molecular weight is 210 g/mol. The number of carbonyl (C=O) groups excluding carboxylic acids is 1. The quantitative estimate of drug-likeness (QED) is 0.591. The van der Waals surface area contributed by atoms with Crippen molar-refractivity contribution in [2.45, 2.75) is 26.4 Å². The molecule has 1 aromatic rings. The fourth-order valence-electron chi connectivity index (χ4n) is 0.892. The fraction of sp³-hybridized carbons (Fsp3) is 0.444. The Kier molecular flexibility index (Phi) is 3.08. The van der Waals surface area contributed by atoms with Crippen LogP contribution in [0.5, 0.6) is 0 Å². The van der Waals surface area contributed by atoms with Gasteiger partial charge in [0.15, 0.2) is 0 Å². The minimum absolute atomic E-state index is 0.592. The third kappa shape index (κ3) is 3.08. The minimum Gasteiger partial charge on any atom is -0.442 e. The van der Waals surface area contributed by atoms with Gasteiger partial charge in [0.1, 0.15) is 11.9 Å². The van der Waals surface area contributed by atoms with Gasteiger partial charge in [0, 0.05) is 6.20 Å². The number of nitrogens with zero attached hydrogens (tertiary/aromatic N) is 3. The Morgan fingerprint density at radius 2 is 2.27 bits per heavy atom. The van der Waals surface area contributed by atoms with E-state index in [1.54, 1.807) is 33.0 Å². The van der Waals surface area contributed by atoms with Gasteiger partial charge in [-0.25, -0.2) is 4.79 Å². The minimum atomic E-state index is -0.638. The van der Waals surface area contributed by atoms with E-state index in [-0.39, 0.29) is 0 Å². The second kappa shape index (κ2) is 4.12. The highest BCUT2D eigenvalue weighted by atomic mass is 16.6. The van der Waals surface area contributed by atoms with Crippen LogP contribution in [0.15, 0.2) is 18.5 Å². The van der Waals surface area contributed by atoms with Crippen LogP contribution in [-0.2, 0) is 4.74 Å². The van der Waals surface area contributed by atoms with Crippen LogP contribution in [0.2, 0.25) is 0 Å². The van der Waals surface area contributed by atoms with Crippen molar-refractivity contribution in [1.82, 2.24) is 9.89 Å². The number of hydrogen-bond acceptors (Lipinski definition) is 4. The van der Waals surface area contributed by atoms with Gasteiger partial charge in [-0.15, -0.1) is 0 Å². The smallest absolute Gasteiger partial charge is 0.436 e. The van der Waals surface area contributed by atoms with Crippen molar-refractivity contribution < 1.29 is 9.53 Å². The molecule has 0 bridgehead atoms. The molecule has 82 valence electrons. The Labute approximate surface area is 87.9 Å². The number of aromatic nitrogens is 2. The molecule has 0 fully saturated rings. The number of rotatable bonds is 2. The van der Waals surface area contributed by atoms with Crippen molar-refractivity contribution in [2.75, 3.05) is 5.01 Å². The Morgan fingerprint density at radius 1 is 1.60 bits per heavy atom. The summed E-state index contributed by atoms with van der Waals surface area (Å²) in [5.41, 5.74) is -0.592. The van der Waals surface area contributed by atoms with Gasteiger partial charge in [0.2, 0.25) is 0 Å². The molecule has 6 heteroatoms.